The molecule has 0 radical (unpaired) electrons. The number of rotatable bonds is 8. The van der Waals surface area contributed by atoms with Crippen molar-refractivity contribution in [3.8, 4) is 0 Å². The molecule has 6 unspecified atom stereocenters. The maximum Gasteiger partial charge on any atom is 0.146 e. The average molecular weight is 417 g/mol. The Kier molecular flexibility index (Phi) is 7.34. The Morgan fingerprint density at radius 2 is 2.00 bits per heavy atom. The van der Waals surface area contributed by atoms with Crippen molar-refractivity contribution < 1.29 is 15.0 Å². The van der Waals surface area contributed by atoms with Gasteiger partial charge in [0.1, 0.15) is 5.78 Å². The molecule has 0 heterocycles. The van der Waals surface area contributed by atoms with Crippen LogP contribution in [0, 0.1) is 34.5 Å². The second-order valence-electron chi connectivity index (χ2n) is 11.2. The first-order valence-electron chi connectivity index (χ1n) is 12.3. The van der Waals surface area contributed by atoms with Crippen LogP contribution in [0.25, 0.3) is 0 Å². The maximum atomic E-state index is 13.8. The molecule has 2 fully saturated rings. The lowest BCUT2D eigenvalue weighted by molar-refractivity contribution is -0.136. The van der Waals surface area contributed by atoms with Gasteiger partial charge < -0.3 is 10.2 Å². The standard InChI is InChI=1S/C27H44O3/c1-18(2)19(3)7-6-8-20-10-12-24(26(20,4)15-16-28)23-11-9-21-17-22(29)13-14-27(21,5)25(23)30/h9,18,20,22-24,28-29H,3,6-8,10-17H2,1-2,4-5H3. The quantitative estimate of drug-likeness (QED) is 0.488. The van der Waals surface area contributed by atoms with Crippen LogP contribution in [-0.4, -0.2) is 28.7 Å². The van der Waals surface area contributed by atoms with E-state index >= 15 is 0 Å². The monoisotopic (exact) mass is 416 g/mol. The van der Waals surface area contributed by atoms with E-state index < -0.39 is 0 Å². The third-order valence-corrected chi connectivity index (χ3v) is 9.25. The molecule has 3 nitrogen and oxygen atoms in total. The lowest BCUT2D eigenvalue weighted by Gasteiger charge is -2.47. The van der Waals surface area contributed by atoms with Gasteiger partial charge in [-0.15, -0.1) is 0 Å². The van der Waals surface area contributed by atoms with Crippen molar-refractivity contribution in [1.29, 1.82) is 0 Å². The van der Waals surface area contributed by atoms with E-state index in [2.05, 4.69) is 40.3 Å². The van der Waals surface area contributed by atoms with Crippen molar-refractivity contribution in [3.63, 3.8) is 0 Å². The number of allylic oxidation sites excluding steroid dienone is 2. The minimum absolute atomic E-state index is 0.0319. The third kappa shape index (κ3) is 4.35. The summed E-state index contributed by atoms with van der Waals surface area (Å²) in [5, 5.41) is 20.0. The Labute approximate surface area is 184 Å². The van der Waals surface area contributed by atoms with Crippen LogP contribution in [0.3, 0.4) is 0 Å². The van der Waals surface area contributed by atoms with Crippen molar-refractivity contribution >= 4 is 5.78 Å². The first-order valence-corrected chi connectivity index (χ1v) is 12.3. The van der Waals surface area contributed by atoms with Crippen molar-refractivity contribution in [2.24, 2.45) is 34.5 Å². The zero-order chi connectivity index (χ0) is 22.1. The van der Waals surface area contributed by atoms with Crippen LogP contribution in [0.4, 0.5) is 0 Å². The molecule has 3 rings (SSSR count). The van der Waals surface area contributed by atoms with E-state index in [1.165, 1.54) is 24.0 Å². The van der Waals surface area contributed by atoms with Gasteiger partial charge in [-0.05, 0) is 94.3 Å². The summed E-state index contributed by atoms with van der Waals surface area (Å²) in [5.74, 6) is 1.96. The number of aliphatic hydroxyl groups is 2. The zero-order valence-corrected chi connectivity index (χ0v) is 19.8. The number of Topliss-reactive ketones (excluding diaryl/α,β-unsaturated/α-hetero) is 1. The van der Waals surface area contributed by atoms with Crippen LogP contribution in [-0.2, 0) is 4.79 Å². The summed E-state index contributed by atoms with van der Waals surface area (Å²) in [7, 11) is 0. The second kappa shape index (κ2) is 9.28. The highest BCUT2D eigenvalue weighted by Crippen LogP contribution is 2.58. The number of aliphatic hydroxyl groups excluding tert-OH is 2. The highest BCUT2D eigenvalue weighted by atomic mass is 16.3. The molecule has 0 aromatic carbocycles. The number of hydrogen-bond acceptors (Lipinski definition) is 3. The molecule has 0 saturated heterocycles. The first-order chi connectivity index (χ1) is 14.1. The molecule has 170 valence electrons. The van der Waals surface area contributed by atoms with Crippen LogP contribution in [0.2, 0.25) is 0 Å². The molecule has 0 amide bonds. The Balaban J connectivity index is 1.75. The SMILES string of the molecule is C=C(CCCC1CCC(C2CC=C3CC(O)CCC3(C)C2=O)C1(C)CCO)C(C)C. The molecule has 0 aromatic rings. The number of carbonyl (C=O) groups excluding carboxylic acids is 1. The van der Waals surface area contributed by atoms with Crippen LogP contribution in [0.5, 0.6) is 0 Å². The van der Waals surface area contributed by atoms with Gasteiger partial charge in [0.15, 0.2) is 0 Å². The summed E-state index contributed by atoms with van der Waals surface area (Å²) in [4.78, 5) is 13.8. The van der Waals surface area contributed by atoms with E-state index in [1.54, 1.807) is 0 Å². The lowest BCUT2D eigenvalue weighted by Crippen LogP contribution is -2.47. The van der Waals surface area contributed by atoms with Gasteiger partial charge in [-0.3, -0.25) is 4.79 Å². The fourth-order valence-corrected chi connectivity index (χ4v) is 6.89. The summed E-state index contributed by atoms with van der Waals surface area (Å²) in [6.45, 7) is 13.3. The minimum Gasteiger partial charge on any atom is -0.396 e. The van der Waals surface area contributed by atoms with Crippen LogP contribution < -0.4 is 0 Å². The molecule has 0 aliphatic heterocycles. The van der Waals surface area contributed by atoms with E-state index in [1.807, 2.05) is 0 Å². The molecule has 3 aliphatic carbocycles. The number of hydrogen-bond donors (Lipinski definition) is 2. The molecule has 2 N–H and O–H groups in total. The summed E-state index contributed by atoms with van der Waals surface area (Å²) in [5.41, 5.74) is 2.16. The van der Waals surface area contributed by atoms with Crippen LogP contribution in [0.15, 0.2) is 23.8 Å². The maximum absolute atomic E-state index is 13.8. The Bertz CT molecular complexity index is 678. The van der Waals surface area contributed by atoms with Gasteiger partial charge in [0, 0.05) is 17.9 Å². The van der Waals surface area contributed by atoms with Gasteiger partial charge in [-0.25, -0.2) is 0 Å². The molecular formula is C27H44O3. The summed E-state index contributed by atoms with van der Waals surface area (Å²) < 4.78 is 0. The van der Waals surface area contributed by atoms with Crippen molar-refractivity contribution in [2.45, 2.75) is 98.0 Å². The second-order valence-corrected chi connectivity index (χ2v) is 11.2. The highest BCUT2D eigenvalue weighted by molar-refractivity contribution is 5.91. The van der Waals surface area contributed by atoms with Gasteiger partial charge in [0.05, 0.1) is 6.10 Å². The van der Waals surface area contributed by atoms with E-state index in [4.69, 9.17) is 0 Å². The summed E-state index contributed by atoms with van der Waals surface area (Å²) in [6.07, 6.45) is 11.5. The van der Waals surface area contributed by atoms with Gasteiger partial charge in [0.25, 0.3) is 0 Å². The Hall–Kier alpha value is -0.930. The topological polar surface area (TPSA) is 57.5 Å². The average Bonchev–Trinajstić information content (AvgIpc) is 3.00. The molecular weight excluding hydrogens is 372 g/mol. The highest BCUT2D eigenvalue weighted by Gasteiger charge is 2.54. The lowest BCUT2D eigenvalue weighted by atomic mass is 9.56. The fraction of sp³-hybridized carbons (Fsp3) is 0.815. The van der Waals surface area contributed by atoms with Crippen molar-refractivity contribution in [2.75, 3.05) is 6.61 Å². The normalized spacial score (nSPS) is 39.2. The first kappa shape index (κ1) is 23.7. The van der Waals surface area contributed by atoms with Crippen molar-refractivity contribution in [1.82, 2.24) is 0 Å². The van der Waals surface area contributed by atoms with Crippen LogP contribution in [0.1, 0.15) is 91.9 Å². The third-order valence-electron chi connectivity index (χ3n) is 9.25. The zero-order valence-electron chi connectivity index (χ0n) is 19.8. The Morgan fingerprint density at radius 3 is 2.67 bits per heavy atom. The number of carbonyl (C=O) groups is 1. The van der Waals surface area contributed by atoms with Gasteiger partial charge >= 0.3 is 0 Å². The predicted molar refractivity (Wildman–Crippen MR) is 123 cm³/mol. The van der Waals surface area contributed by atoms with Crippen molar-refractivity contribution in [3.05, 3.63) is 23.8 Å². The predicted octanol–water partition coefficient (Wildman–Crippen LogP) is 5.85. The van der Waals surface area contributed by atoms with Gasteiger partial charge in [-0.1, -0.05) is 44.6 Å². The Morgan fingerprint density at radius 1 is 1.27 bits per heavy atom. The largest absolute Gasteiger partial charge is 0.396 e. The molecule has 6 atom stereocenters. The molecule has 0 aromatic heterocycles. The molecule has 3 heteroatoms. The number of ketones is 1. The molecule has 30 heavy (non-hydrogen) atoms. The smallest absolute Gasteiger partial charge is 0.146 e. The van der Waals surface area contributed by atoms with Gasteiger partial charge in [0.2, 0.25) is 0 Å². The summed E-state index contributed by atoms with van der Waals surface area (Å²) in [6, 6.07) is 0. The van der Waals surface area contributed by atoms with E-state index in [-0.39, 0.29) is 29.5 Å². The van der Waals surface area contributed by atoms with E-state index in [0.29, 0.717) is 30.0 Å². The van der Waals surface area contributed by atoms with E-state index in [0.717, 1.165) is 44.9 Å². The van der Waals surface area contributed by atoms with E-state index in [9.17, 15) is 15.0 Å². The minimum atomic E-state index is -0.380. The molecule has 0 spiro atoms. The van der Waals surface area contributed by atoms with Gasteiger partial charge in [-0.2, -0.15) is 0 Å². The fourth-order valence-electron chi connectivity index (χ4n) is 6.89. The molecule has 0 bridgehead atoms. The number of fused-ring (bicyclic) bond motifs is 1. The molecule has 2 saturated carbocycles. The molecule has 3 aliphatic rings. The van der Waals surface area contributed by atoms with Crippen LogP contribution >= 0.6 is 0 Å². The summed E-state index contributed by atoms with van der Waals surface area (Å²) >= 11 is 0.